The molecule has 0 radical (unpaired) electrons. The van der Waals surface area contributed by atoms with Crippen molar-refractivity contribution in [3.8, 4) is 23.5 Å². The summed E-state index contributed by atoms with van der Waals surface area (Å²) >= 11 is 0. The first-order chi connectivity index (χ1) is 17.2. The zero-order valence-electron chi connectivity index (χ0n) is 19.9. The third-order valence-corrected chi connectivity index (χ3v) is 2.83. The van der Waals surface area contributed by atoms with Crippen LogP contribution in [0, 0.1) is 0 Å². The van der Waals surface area contributed by atoms with E-state index in [4.69, 9.17) is 40.2 Å². The van der Waals surface area contributed by atoms with Gasteiger partial charge in [-0.1, -0.05) is 0 Å². The van der Waals surface area contributed by atoms with E-state index in [0.29, 0.717) is 0 Å². The van der Waals surface area contributed by atoms with E-state index in [2.05, 4.69) is 59.4 Å². The molecule has 4 aromatic heterocycles. The van der Waals surface area contributed by atoms with Crippen LogP contribution in [0.3, 0.4) is 0 Å². The Balaban J connectivity index is 0. The minimum atomic E-state index is -1.79. The topological polar surface area (TPSA) is 313 Å². The maximum atomic E-state index is 8.21. The quantitative estimate of drug-likeness (QED) is 0.0961. The molecular weight excluding hydrogens is 498 g/mol. The maximum absolute atomic E-state index is 8.21. The molecule has 0 amide bonds. The molecule has 37 heavy (non-hydrogen) atoms. The Labute approximate surface area is 222 Å². The van der Waals surface area contributed by atoms with Crippen molar-refractivity contribution in [1.29, 1.82) is 0 Å². The van der Waals surface area contributed by atoms with E-state index >= 15 is 0 Å². The van der Waals surface area contributed by atoms with Crippen molar-refractivity contribution in [3.63, 3.8) is 0 Å². The molecule has 0 aliphatic heterocycles. The molecule has 12 N–H and O–H groups in total. The van der Waals surface area contributed by atoms with Crippen LogP contribution in [-0.4, -0.2) is 110 Å². The van der Waals surface area contributed by atoms with Gasteiger partial charge in [-0.25, -0.2) is 20.4 Å². The summed E-state index contributed by atoms with van der Waals surface area (Å²) < 4.78 is 17.4. The number of rotatable bonds is 8. The standard InChI is InChI=1S/4C3H5BN2O3.Li.H/c4*7-4(8)9-3-1-2-5-6-3;;/h4*1-2,7-8H,(H,5,6);;/q;;;;+1;-1. The van der Waals surface area contributed by atoms with Gasteiger partial charge in [-0.05, 0) is 0 Å². The molecule has 0 aromatic carbocycles. The average Bonchev–Trinajstić information content (AvgIpc) is 3.58. The number of aromatic amines is 4. The third kappa shape index (κ3) is 18.5. The van der Waals surface area contributed by atoms with Crippen LogP contribution in [0.2, 0.25) is 0 Å². The SMILES string of the molecule is OB(O)Oc1ccn[nH]1.OB(O)Oc1ccn[nH]1.OB(O)Oc1ccn[nH]1.OB(O)Oc1ccn[nH]1.[H-].[Li+]. The van der Waals surface area contributed by atoms with Crippen LogP contribution >= 0.6 is 0 Å². The molecule has 4 rings (SSSR count). The van der Waals surface area contributed by atoms with Crippen molar-refractivity contribution in [2.45, 2.75) is 0 Å². The summed E-state index contributed by atoms with van der Waals surface area (Å²) in [6, 6.07) is 5.89. The summed E-state index contributed by atoms with van der Waals surface area (Å²) in [5.41, 5.74) is 0. The molecule has 0 atom stereocenters. The van der Waals surface area contributed by atoms with Crippen LogP contribution in [-0.2, 0) is 0 Å². The van der Waals surface area contributed by atoms with Crippen molar-refractivity contribution in [3.05, 3.63) is 49.1 Å². The number of H-pyrrole nitrogens is 4. The molecule has 194 valence electrons. The van der Waals surface area contributed by atoms with Gasteiger partial charge in [0.1, 0.15) is 0 Å². The maximum Gasteiger partial charge on any atom is 1.00 e. The minimum Gasteiger partial charge on any atom is -1.00 e. The van der Waals surface area contributed by atoms with Gasteiger partial charge in [0.05, 0.1) is 24.8 Å². The van der Waals surface area contributed by atoms with Gasteiger partial charge in [0.15, 0.2) is 23.5 Å². The monoisotopic (exact) mass is 520 g/mol. The van der Waals surface area contributed by atoms with E-state index in [1.807, 2.05) is 0 Å². The molecule has 0 saturated carbocycles. The van der Waals surface area contributed by atoms with E-state index < -0.39 is 29.3 Å². The van der Waals surface area contributed by atoms with Gasteiger partial charge in [-0.2, -0.15) is 20.4 Å². The minimum absolute atomic E-state index is 0. The summed E-state index contributed by atoms with van der Waals surface area (Å²) in [4.78, 5) is 0. The molecule has 0 saturated heterocycles. The second-order valence-electron chi connectivity index (χ2n) is 5.46. The summed E-state index contributed by atoms with van der Waals surface area (Å²) in [7, 11) is -7.15. The smallest absolute Gasteiger partial charge is 1.00 e. The zero-order chi connectivity index (χ0) is 26.8. The van der Waals surface area contributed by atoms with Crippen molar-refractivity contribution in [2.24, 2.45) is 0 Å². The Morgan fingerprint density at radius 1 is 0.459 bits per heavy atom. The normalized spacial score (nSPS) is 8.86. The van der Waals surface area contributed by atoms with Crippen LogP contribution in [0.25, 0.3) is 0 Å². The van der Waals surface area contributed by atoms with Crippen molar-refractivity contribution >= 4 is 29.3 Å². The predicted molar refractivity (Wildman–Crippen MR) is 119 cm³/mol. The third-order valence-electron chi connectivity index (χ3n) is 2.83. The van der Waals surface area contributed by atoms with E-state index in [0.717, 1.165) is 0 Å². The first kappa shape index (κ1) is 33.6. The van der Waals surface area contributed by atoms with Crippen LogP contribution in [0.4, 0.5) is 0 Å². The second kappa shape index (κ2) is 19.7. The molecule has 0 unspecified atom stereocenters. The number of hydrogen-bond acceptors (Lipinski definition) is 16. The Morgan fingerprint density at radius 2 is 0.649 bits per heavy atom. The summed E-state index contributed by atoms with van der Waals surface area (Å²) in [5.74, 6) is 0.907. The summed E-state index contributed by atoms with van der Waals surface area (Å²) in [5, 5.41) is 89.2. The molecule has 0 spiro atoms. The molecule has 4 heterocycles. The average molecular weight is 520 g/mol. The summed E-state index contributed by atoms with van der Waals surface area (Å²) in [6.45, 7) is 0. The molecule has 0 aliphatic carbocycles. The number of hydrogen-bond donors (Lipinski definition) is 12. The summed E-state index contributed by atoms with van der Waals surface area (Å²) in [6.07, 6.45) is 5.77. The molecule has 0 aliphatic rings. The fourth-order valence-electron chi connectivity index (χ4n) is 1.69. The Bertz CT molecular complexity index is 829. The fourth-order valence-corrected chi connectivity index (χ4v) is 1.69. The first-order valence-corrected chi connectivity index (χ1v) is 9.24. The van der Waals surface area contributed by atoms with Gasteiger partial charge in [-0.3, -0.25) is 0 Å². The Morgan fingerprint density at radius 3 is 0.757 bits per heavy atom. The Kier molecular flexibility index (Phi) is 17.9. The van der Waals surface area contributed by atoms with Gasteiger partial charge >= 0.3 is 48.1 Å². The van der Waals surface area contributed by atoms with E-state index in [9.17, 15) is 0 Å². The van der Waals surface area contributed by atoms with E-state index in [-0.39, 0.29) is 43.8 Å². The van der Waals surface area contributed by atoms with Gasteiger partial charge < -0.3 is 60.2 Å². The van der Waals surface area contributed by atoms with Gasteiger partial charge in [0.2, 0.25) is 0 Å². The first-order valence-electron chi connectivity index (χ1n) is 9.24. The number of nitrogens with zero attached hydrogens (tertiary/aromatic N) is 4. The molecule has 25 heteroatoms. The fraction of sp³-hybridized carbons (Fsp3) is 0. The van der Waals surface area contributed by atoms with Crippen molar-refractivity contribution in [1.82, 2.24) is 40.8 Å². The van der Waals surface area contributed by atoms with Gasteiger partial charge in [0.25, 0.3) is 0 Å². The second-order valence-corrected chi connectivity index (χ2v) is 5.46. The zero-order valence-corrected chi connectivity index (χ0v) is 18.9. The van der Waals surface area contributed by atoms with Crippen LogP contribution in [0.15, 0.2) is 49.1 Å². The molecule has 0 bridgehead atoms. The number of aromatic nitrogens is 8. The van der Waals surface area contributed by atoms with Gasteiger partial charge in [-0.15, -0.1) is 0 Å². The molecule has 0 fully saturated rings. The van der Waals surface area contributed by atoms with Crippen LogP contribution in [0.1, 0.15) is 1.43 Å². The van der Waals surface area contributed by atoms with Crippen LogP contribution < -0.4 is 37.5 Å². The molecule has 20 nitrogen and oxygen atoms in total. The molecule has 4 aromatic rings. The number of nitrogens with one attached hydrogen (secondary N) is 4. The van der Waals surface area contributed by atoms with E-state index in [1.165, 1.54) is 49.1 Å². The van der Waals surface area contributed by atoms with Crippen LogP contribution in [0.5, 0.6) is 23.5 Å². The van der Waals surface area contributed by atoms with Crippen molar-refractivity contribution < 1.29 is 79.1 Å². The van der Waals surface area contributed by atoms with Gasteiger partial charge in [0, 0.05) is 24.3 Å². The van der Waals surface area contributed by atoms with E-state index in [1.54, 1.807) is 0 Å². The largest absolute Gasteiger partial charge is 1.00 e. The predicted octanol–water partition coefficient (Wildman–Crippen LogP) is -7.85. The molecular formula is C12H21B4LiN8O12. The van der Waals surface area contributed by atoms with Crippen molar-refractivity contribution in [2.75, 3.05) is 0 Å². The Hall–Kier alpha value is -3.42.